The van der Waals surface area contributed by atoms with Gasteiger partial charge in [-0.2, -0.15) is 0 Å². The molecule has 0 saturated carbocycles. The van der Waals surface area contributed by atoms with E-state index >= 15 is 0 Å². The van der Waals surface area contributed by atoms with E-state index in [1.54, 1.807) is 6.92 Å². The number of hydrogen-bond acceptors (Lipinski definition) is 3. The van der Waals surface area contributed by atoms with E-state index in [9.17, 15) is 9.59 Å². The van der Waals surface area contributed by atoms with Crippen molar-refractivity contribution < 1.29 is 4.79 Å². The van der Waals surface area contributed by atoms with Gasteiger partial charge in [-0.25, -0.2) is 4.79 Å². The Balaban J connectivity index is 1.30. The summed E-state index contributed by atoms with van der Waals surface area (Å²) < 4.78 is 1.91. The average molecular weight is 370 g/mol. The topological polar surface area (TPSA) is 61.3 Å². The van der Waals surface area contributed by atoms with Crippen molar-refractivity contribution in [2.45, 2.75) is 51.6 Å². The maximum Gasteiger partial charge on any atom is 0.326 e. The molecule has 1 aromatic heterocycles. The average Bonchev–Trinajstić information content (AvgIpc) is 2.99. The second-order valence-corrected chi connectivity index (χ2v) is 8.28. The van der Waals surface area contributed by atoms with Crippen molar-refractivity contribution in [3.8, 4) is 0 Å². The molecule has 2 aliphatic heterocycles. The highest BCUT2D eigenvalue weighted by Crippen LogP contribution is 2.26. The second-order valence-electron chi connectivity index (χ2n) is 8.28. The third-order valence-electron chi connectivity index (χ3n) is 6.53. The summed E-state index contributed by atoms with van der Waals surface area (Å²) in [5, 5.41) is 0. The number of imidazole rings is 1. The van der Waals surface area contributed by atoms with Crippen molar-refractivity contribution in [3.05, 3.63) is 34.2 Å². The van der Waals surface area contributed by atoms with Gasteiger partial charge in [-0.05, 0) is 63.2 Å². The number of piperidine rings is 1. The van der Waals surface area contributed by atoms with Crippen molar-refractivity contribution in [1.29, 1.82) is 0 Å². The van der Waals surface area contributed by atoms with Crippen molar-refractivity contribution >= 4 is 16.9 Å². The summed E-state index contributed by atoms with van der Waals surface area (Å²) in [6.45, 7) is 5.33. The zero-order valence-electron chi connectivity index (χ0n) is 16.4. The summed E-state index contributed by atoms with van der Waals surface area (Å²) in [5.74, 6) is 0.952. The number of para-hydroxylation sites is 1. The van der Waals surface area contributed by atoms with Gasteiger partial charge in [0.05, 0.1) is 11.0 Å². The zero-order chi connectivity index (χ0) is 19.0. The molecule has 1 atom stereocenters. The number of aromatic nitrogens is 2. The van der Waals surface area contributed by atoms with Crippen LogP contribution in [0.25, 0.3) is 11.0 Å². The SMILES string of the molecule is CC(=O)N1CCC(CCCN(C)[C@@H]2Cc3cccc4[nH]c(=O)n(c34)C2)CC1. The lowest BCUT2D eigenvalue weighted by Gasteiger charge is -2.33. The highest BCUT2D eigenvalue weighted by molar-refractivity contribution is 5.79. The standard InChI is InChI=1S/C21H30N4O2/c1-15(26)24-11-8-16(9-12-24)5-4-10-23(2)18-13-17-6-3-7-19-20(17)25(14-18)21(27)22-19/h3,6-7,16,18H,4-5,8-14H2,1-2H3,(H,22,27)/t18-/m1/s1. The molecule has 1 saturated heterocycles. The Labute approximate surface area is 160 Å². The molecular formula is C21H30N4O2. The molecule has 2 aromatic rings. The molecule has 1 amide bonds. The fourth-order valence-corrected chi connectivity index (χ4v) is 4.81. The molecule has 0 unspecified atom stereocenters. The third-order valence-corrected chi connectivity index (χ3v) is 6.53. The summed E-state index contributed by atoms with van der Waals surface area (Å²) >= 11 is 0. The lowest BCUT2D eigenvalue weighted by Crippen LogP contribution is -2.42. The van der Waals surface area contributed by atoms with Crippen molar-refractivity contribution in [2.24, 2.45) is 5.92 Å². The summed E-state index contributed by atoms with van der Waals surface area (Å²) in [4.78, 5) is 31.1. The molecular weight excluding hydrogens is 340 g/mol. The van der Waals surface area contributed by atoms with Crippen LogP contribution < -0.4 is 5.69 Å². The molecule has 3 heterocycles. The number of carbonyl (C=O) groups is 1. The first-order valence-electron chi connectivity index (χ1n) is 10.2. The molecule has 1 aromatic carbocycles. The number of H-pyrrole nitrogens is 1. The maximum atomic E-state index is 12.3. The third kappa shape index (κ3) is 3.68. The first kappa shape index (κ1) is 18.3. The van der Waals surface area contributed by atoms with Crippen LogP contribution in [0.1, 0.15) is 38.2 Å². The molecule has 0 spiro atoms. The second kappa shape index (κ2) is 7.50. The van der Waals surface area contributed by atoms with Crippen LogP contribution in [0.5, 0.6) is 0 Å². The number of nitrogens with one attached hydrogen (secondary N) is 1. The Hall–Kier alpha value is -2.08. The van der Waals surface area contributed by atoms with Gasteiger partial charge in [0.1, 0.15) is 0 Å². The van der Waals surface area contributed by atoms with Crippen molar-refractivity contribution in [1.82, 2.24) is 19.4 Å². The van der Waals surface area contributed by atoms with Crippen LogP contribution in [-0.4, -0.2) is 58.0 Å². The fraction of sp³-hybridized carbons (Fsp3) is 0.619. The van der Waals surface area contributed by atoms with Crippen molar-refractivity contribution in [2.75, 3.05) is 26.7 Å². The molecule has 1 N–H and O–H groups in total. The van der Waals surface area contributed by atoms with Crippen LogP contribution in [0.15, 0.2) is 23.0 Å². The fourth-order valence-electron chi connectivity index (χ4n) is 4.81. The first-order valence-corrected chi connectivity index (χ1v) is 10.2. The molecule has 0 aliphatic carbocycles. The monoisotopic (exact) mass is 370 g/mol. The van der Waals surface area contributed by atoms with Crippen LogP contribution in [0.4, 0.5) is 0 Å². The molecule has 4 rings (SSSR count). The smallest absolute Gasteiger partial charge is 0.326 e. The van der Waals surface area contributed by atoms with Gasteiger partial charge >= 0.3 is 5.69 Å². The zero-order valence-corrected chi connectivity index (χ0v) is 16.4. The molecule has 2 aliphatic rings. The predicted octanol–water partition coefficient (Wildman–Crippen LogP) is 2.22. The van der Waals surface area contributed by atoms with Crippen LogP contribution in [0.2, 0.25) is 0 Å². The predicted molar refractivity (Wildman–Crippen MR) is 107 cm³/mol. The molecule has 0 bridgehead atoms. The number of hydrogen-bond donors (Lipinski definition) is 1. The number of aromatic amines is 1. The van der Waals surface area contributed by atoms with Crippen molar-refractivity contribution in [3.63, 3.8) is 0 Å². The number of rotatable bonds is 5. The summed E-state index contributed by atoms with van der Waals surface area (Å²) in [6, 6.07) is 6.54. The Kier molecular flexibility index (Phi) is 5.08. The quantitative estimate of drug-likeness (QED) is 0.878. The molecule has 0 radical (unpaired) electrons. The number of likely N-dealkylation sites (tertiary alicyclic amines) is 1. The number of amides is 1. The van der Waals surface area contributed by atoms with Gasteiger partial charge in [0.15, 0.2) is 0 Å². The van der Waals surface area contributed by atoms with Gasteiger partial charge in [-0.15, -0.1) is 0 Å². The maximum absolute atomic E-state index is 12.3. The number of benzene rings is 1. The summed E-state index contributed by atoms with van der Waals surface area (Å²) in [6.07, 6.45) is 5.68. The number of likely N-dealkylation sites (N-methyl/N-ethyl adjacent to an activating group) is 1. The minimum Gasteiger partial charge on any atom is -0.343 e. The van der Waals surface area contributed by atoms with Crippen LogP contribution >= 0.6 is 0 Å². The van der Waals surface area contributed by atoms with Gasteiger partial charge < -0.3 is 14.8 Å². The molecule has 27 heavy (non-hydrogen) atoms. The Morgan fingerprint density at radius 1 is 1.30 bits per heavy atom. The molecule has 6 nitrogen and oxygen atoms in total. The lowest BCUT2D eigenvalue weighted by atomic mass is 9.92. The van der Waals surface area contributed by atoms with Gasteiger partial charge in [-0.3, -0.25) is 9.36 Å². The van der Waals surface area contributed by atoms with E-state index in [1.807, 2.05) is 21.6 Å². The first-order chi connectivity index (χ1) is 13.0. The minimum absolute atomic E-state index is 0.00720. The van der Waals surface area contributed by atoms with E-state index < -0.39 is 0 Å². The van der Waals surface area contributed by atoms with E-state index in [0.717, 1.165) is 62.4 Å². The summed E-state index contributed by atoms with van der Waals surface area (Å²) in [5.41, 5.74) is 3.32. The number of nitrogens with zero attached hydrogens (tertiary/aromatic N) is 3. The van der Waals surface area contributed by atoms with Gasteiger partial charge in [-0.1, -0.05) is 12.1 Å². The Morgan fingerprint density at radius 3 is 2.81 bits per heavy atom. The molecule has 6 heteroatoms. The van der Waals surface area contributed by atoms with E-state index in [4.69, 9.17) is 0 Å². The molecule has 1 fully saturated rings. The van der Waals surface area contributed by atoms with Gasteiger partial charge in [0, 0.05) is 32.6 Å². The largest absolute Gasteiger partial charge is 0.343 e. The van der Waals surface area contributed by atoms with E-state index in [1.165, 1.54) is 18.4 Å². The number of carbonyl (C=O) groups excluding carboxylic acids is 1. The molecule has 146 valence electrons. The van der Waals surface area contributed by atoms with Gasteiger partial charge in [0.2, 0.25) is 5.91 Å². The van der Waals surface area contributed by atoms with Crippen LogP contribution in [-0.2, 0) is 17.8 Å². The van der Waals surface area contributed by atoms with E-state index in [2.05, 4.69) is 23.0 Å². The Morgan fingerprint density at radius 2 is 2.07 bits per heavy atom. The van der Waals surface area contributed by atoms with Gasteiger partial charge in [0.25, 0.3) is 0 Å². The highest BCUT2D eigenvalue weighted by Gasteiger charge is 2.26. The Bertz CT molecular complexity index is 876. The normalized spacial score (nSPS) is 20.6. The summed E-state index contributed by atoms with van der Waals surface area (Å²) in [7, 11) is 2.19. The van der Waals surface area contributed by atoms with Crippen LogP contribution in [0, 0.1) is 5.92 Å². The lowest BCUT2D eigenvalue weighted by molar-refractivity contribution is -0.130. The van der Waals surface area contributed by atoms with E-state index in [0.29, 0.717) is 6.04 Å². The minimum atomic E-state index is 0.00720. The van der Waals surface area contributed by atoms with E-state index in [-0.39, 0.29) is 11.6 Å². The highest BCUT2D eigenvalue weighted by atomic mass is 16.2. The van der Waals surface area contributed by atoms with Crippen LogP contribution in [0.3, 0.4) is 0 Å².